The molecule has 0 saturated heterocycles. The number of carboxylic acid groups (broad SMARTS) is 1. The zero-order valence-electron chi connectivity index (χ0n) is 11.7. The predicted octanol–water partition coefficient (Wildman–Crippen LogP) is 3.33. The number of aryl methyl sites for hydroxylation is 2. The molecule has 0 saturated carbocycles. The number of hydrogen-bond donors (Lipinski definition) is 2. The van der Waals surface area contributed by atoms with Gasteiger partial charge in [-0.05, 0) is 37.1 Å². The van der Waals surface area contributed by atoms with Crippen molar-refractivity contribution in [2.24, 2.45) is 0 Å². The molecule has 0 atom stereocenters. The van der Waals surface area contributed by atoms with Gasteiger partial charge in [-0.1, -0.05) is 30.0 Å². The second-order valence-corrected chi connectivity index (χ2v) is 5.51. The molecule has 5 nitrogen and oxygen atoms in total. The second-order valence-electron chi connectivity index (χ2n) is 4.53. The lowest BCUT2D eigenvalue weighted by Gasteiger charge is -2.10. The van der Waals surface area contributed by atoms with E-state index in [1.165, 1.54) is 6.07 Å². The molecule has 0 fully saturated rings. The summed E-state index contributed by atoms with van der Waals surface area (Å²) in [5.41, 5.74) is 2.81. The van der Waals surface area contributed by atoms with E-state index >= 15 is 0 Å². The average molecular weight is 305 g/mol. The molecule has 0 bridgehead atoms. The van der Waals surface area contributed by atoms with E-state index in [9.17, 15) is 9.59 Å². The molecule has 0 aliphatic heterocycles. The van der Waals surface area contributed by atoms with Crippen molar-refractivity contribution in [3.8, 4) is 0 Å². The Balaban J connectivity index is 1.94. The van der Waals surface area contributed by atoms with E-state index in [1.54, 1.807) is 6.07 Å². The van der Waals surface area contributed by atoms with Gasteiger partial charge in [0.25, 0.3) is 0 Å². The summed E-state index contributed by atoms with van der Waals surface area (Å²) in [5, 5.41) is 12.0. The quantitative estimate of drug-likeness (QED) is 0.828. The summed E-state index contributed by atoms with van der Waals surface area (Å²) < 4.78 is 5.08. The predicted molar refractivity (Wildman–Crippen MR) is 80.9 cm³/mol. The number of thioether (sulfide) groups is 1. The van der Waals surface area contributed by atoms with Crippen LogP contribution in [0.25, 0.3) is 0 Å². The Morgan fingerprint density at radius 3 is 2.43 bits per heavy atom. The summed E-state index contributed by atoms with van der Waals surface area (Å²) in [6.45, 7) is 3.86. The molecular weight excluding hydrogens is 290 g/mol. The van der Waals surface area contributed by atoms with Crippen molar-refractivity contribution in [1.82, 2.24) is 0 Å². The van der Waals surface area contributed by atoms with Gasteiger partial charge in [0, 0.05) is 5.69 Å². The van der Waals surface area contributed by atoms with Crippen molar-refractivity contribution in [1.29, 1.82) is 0 Å². The first-order chi connectivity index (χ1) is 9.97. The van der Waals surface area contributed by atoms with Gasteiger partial charge in [0.05, 0.1) is 5.75 Å². The maximum absolute atomic E-state index is 11.9. The highest BCUT2D eigenvalue weighted by atomic mass is 32.2. The number of carbonyl (C=O) groups is 2. The number of carbonyl (C=O) groups excluding carboxylic acids is 1. The fraction of sp³-hybridized carbons (Fsp3) is 0.200. The van der Waals surface area contributed by atoms with Gasteiger partial charge < -0.3 is 14.8 Å². The standard InChI is InChI=1S/C15H15NO4S/c1-9-4-3-5-10(2)14(9)16-12(17)8-21-13-7-6-11(20-13)15(18)19/h3-7H,8H2,1-2H3,(H,16,17)(H,18,19). The minimum absolute atomic E-state index is 0.132. The Bertz CT molecular complexity index is 658. The smallest absolute Gasteiger partial charge is 0.371 e. The van der Waals surface area contributed by atoms with E-state index < -0.39 is 5.97 Å². The van der Waals surface area contributed by atoms with Crippen molar-refractivity contribution >= 4 is 29.3 Å². The number of furan rings is 1. The molecule has 2 N–H and O–H groups in total. The molecule has 0 aliphatic carbocycles. The largest absolute Gasteiger partial charge is 0.475 e. The summed E-state index contributed by atoms with van der Waals surface area (Å²) in [5.74, 6) is -1.26. The lowest BCUT2D eigenvalue weighted by atomic mass is 10.1. The fourth-order valence-electron chi connectivity index (χ4n) is 1.84. The highest BCUT2D eigenvalue weighted by molar-refractivity contribution is 7.99. The summed E-state index contributed by atoms with van der Waals surface area (Å²) >= 11 is 1.16. The van der Waals surface area contributed by atoms with E-state index in [1.807, 2.05) is 32.0 Å². The van der Waals surface area contributed by atoms with E-state index in [-0.39, 0.29) is 17.4 Å². The minimum Gasteiger partial charge on any atom is -0.475 e. The number of carboxylic acids is 1. The van der Waals surface area contributed by atoms with Gasteiger partial charge in [-0.2, -0.15) is 0 Å². The van der Waals surface area contributed by atoms with Crippen LogP contribution in [0.1, 0.15) is 21.7 Å². The SMILES string of the molecule is Cc1cccc(C)c1NC(=O)CSc1ccc(C(=O)O)o1. The van der Waals surface area contributed by atoms with Gasteiger partial charge in [-0.15, -0.1) is 0 Å². The average Bonchev–Trinajstić information content (AvgIpc) is 2.90. The molecule has 110 valence electrons. The molecule has 21 heavy (non-hydrogen) atoms. The van der Waals surface area contributed by atoms with Crippen molar-refractivity contribution in [3.05, 3.63) is 47.2 Å². The maximum Gasteiger partial charge on any atom is 0.371 e. The van der Waals surface area contributed by atoms with Gasteiger partial charge in [0.1, 0.15) is 0 Å². The third kappa shape index (κ3) is 3.88. The Hall–Kier alpha value is -2.21. The Kier molecular flexibility index (Phi) is 4.70. The molecule has 1 amide bonds. The summed E-state index contributed by atoms with van der Waals surface area (Å²) in [6, 6.07) is 8.71. The Labute approximate surface area is 126 Å². The monoisotopic (exact) mass is 305 g/mol. The van der Waals surface area contributed by atoms with Gasteiger partial charge in [0.15, 0.2) is 5.09 Å². The summed E-state index contributed by atoms with van der Waals surface area (Å²) in [6.07, 6.45) is 0. The van der Waals surface area contributed by atoms with Crippen LogP contribution < -0.4 is 5.32 Å². The van der Waals surface area contributed by atoms with E-state index in [4.69, 9.17) is 9.52 Å². The molecule has 1 aromatic heterocycles. The molecule has 1 heterocycles. The van der Waals surface area contributed by atoms with E-state index in [2.05, 4.69) is 5.32 Å². The number of aromatic carboxylic acids is 1. The number of rotatable bonds is 5. The maximum atomic E-state index is 11.9. The van der Waals surface area contributed by atoms with Gasteiger partial charge >= 0.3 is 5.97 Å². The van der Waals surface area contributed by atoms with Gasteiger partial charge in [0.2, 0.25) is 11.7 Å². The lowest BCUT2D eigenvalue weighted by molar-refractivity contribution is -0.113. The third-order valence-corrected chi connectivity index (χ3v) is 3.79. The number of anilines is 1. The number of amides is 1. The molecule has 1 aromatic carbocycles. The molecule has 0 unspecified atom stereocenters. The molecule has 6 heteroatoms. The third-order valence-electron chi connectivity index (χ3n) is 2.88. The van der Waals surface area contributed by atoms with Crippen molar-refractivity contribution in [2.45, 2.75) is 18.9 Å². The molecule has 2 aromatic rings. The fourth-order valence-corrected chi connectivity index (χ4v) is 2.49. The first-order valence-corrected chi connectivity index (χ1v) is 7.28. The van der Waals surface area contributed by atoms with Crippen LogP contribution in [0.2, 0.25) is 0 Å². The molecular formula is C15H15NO4S. The van der Waals surface area contributed by atoms with Crippen LogP contribution in [0.3, 0.4) is 0 Å². The highest BCUT2D eigenvalue weighted by Crippen LogP contribution is 2.23. The summed E-state index contributed by atoms with van der Waals surface area (Å²) in [7, 11) is 0. The molecule has 0 radical (unpaired) electrons. The minimum atomic E-state index is -1.12. The van der Waals surface area contributed by atoms with E-state index in [0.29, 0.717) is 5.09 Å². The number of nitrogens with one attached hydrogen (secondary N) is 1. The topological polar surface area (TPSA) is 79.5 Å². The molecule has 0 aliphatic rings. The number of hydrogen-bond acceptors (Lipinski definition) is 4. The van der Waals surface area contributed by atoms with Crippen molar-refractivity contribution in [3.63, 3.8) is 0 Å². The van der Waals surface area contributed by atoms with Crippen LogP contribution in [0, 0.1) is 13.8 Å². The van der Waals surface area contributed by atoms with Crippen LogP contribution in [-0.2, 0) is 4.79 Å². The first-order valence-electron chi connectivity index (χ1n) is 6.29. The number of benzene rings is 1. The zero-order valence-corrected chi connectivity index (χ0v) is 12.5. The normalized spacial score (nSPS) is 10.4. The van der Waals surface area contributed by atoms with Crippen LogP contribution in [0.5, 0.6) is 0 Å². The van der Waals surface area contributed by atoms with Gasteiger partial charge in [-0.25, -0.2) is 4.79 Å². The lowest BCUT2D eigenvalue weighted by Crippen LogP contribution is -2.15. The van der Waals surface area contributed by atoms with Crippen molar-refractivity contribution in [2.75, 3.05) is 11.1 Å². The second kappa shape index (κ2) is 6.49. The van der Waals surface area contributed by atoms with Crippen LogP contribution in [-0.4, -0.2) is 22.7 Å². The van der Waals surface area contributed by atoms with E-state index in [0.717, 1.165) is 28.6 Å². The van der Waals surface area contributed by atoms with Crippen LogP contribution >= 0.6 is 11.8 Å². The zero-order chi connectivity index (χ0) is 15.4. The highest BCUT2D eigenvalue weighted by Gasteiger charge is 2.12. The summed E-state index contributed by atoms with van der Waals surface area (Å²) in [4.78, 5) is 22.6. The Morgan fingerprint density at radius 2 is 1.86 bits per heavy atom. The molecule has 2 rings (SSSR count). The number of para-hydroxylation sites is 1. The van der Waals surface area contributed by atoms with Crippen LogP contribution in [0.15, 0.2) is 39.8 Å². The van der Waals surface area contributed by atoms with Gasteiger partial charge in [-0.3, -0.25) is 4.79 Å². The van der Waals surface area contributed by atoms with Crippen LogP contribution in [0.4, 0.5) is 5.69 Å². The Morgan fingerprint density at radius 1 is 1.19 bits per heavy atom. The first kappa shape index (κ1) is 15.2. The molecule has 0 spiro atoms. The van der Waals surface area contributed by atoms with Crippen molar-refractivity contribution < 1.29 is 19.1 Å².